The fourth-order valence-electron chi connectivity index (χ4n) is 1.22. The van der Waals surface area contributed by atoms with Gasteiger partial charge in [0, 0.05) is 26.7 Å². The maximum absolute atomic E-state index is 11.2. The lowest BCUT2D eigenvalue weighted by Gasteiger charge is -2.05. The third-order valence-electron chi connectivity index (χ3n) is 2.23. The van der Waals surface area contributed by atoms with E-state index in [1.165, 1.54) is 13.8 Å². The standard InChI is InChI=1S/C13H20O8/c1-10(14)18-8-20-12(16)6-4-3-5-7-13(17)21-9-19-11(2)15/h3-9H2,1-2H3. The van der Waals surface area contributed by atoms with Crippen molar-refractivity contribution in [1.29, 1.82) is 0 Å². The summed E-state index contributed by atoms with van der Waals surface area (Å²) in [6, 6.07) is 0. The maximum atomic E-state index is 11.2. The highest BCUT2D eigenvalue weighted by molar-refractivity contribution is 5.70. The second kappa shape index (κ2) is 11.7. The zero-order valence-corrected chi connectivity index (χ0v) is 12.2. The van der Waals surface area contributed by atoms with Gasteiger partial charge < -0.3 is 18.9 Å². The Kier molecular flexibility index (Phi) is 10.5. The van der Waals surface area contributed by atoms with Gasteiger partial charge in [-0.1, -0.05) is 6.42 Å². The summed E-state index contributed by atoms with van der Waals surface area (Å²) in [7, 11) is 0. The monoisotopic (exact) mass is 304 g/mol. The molecule has 0 aromatic rings. The Labute approximate surface area is 122 Å². The summed E-state index contributed by atoms with van der Waals surface area (Å²) in [5.41, 5.74) is 0. The predicted octanol–water partition coefficient (Wildman–Crippen LogP) is 1.06. The Hall–Kier alpha value is -2.12. The summed E-state index contributed by atoms with van der Waals surface area (Å²) >= 11 is 0. The van der Waals surface area contributed by atoms with E-state index in [4.69, 9.17) is 0 Å². The highest BCUT2D eigenvalue weighted by Crippen LogP contribution is 2.05. The van der Waals surface area contributed by atoms with Crippen LogP contribution in [0.15, 0.2) is 0 Å². The summed E-state index contributed by atoms with van der Waals surface area (Å²) in [4.78, 5) is 43.2. The average Bonchev–Trinajstić information content (AvgIpc) is 2.37. The van der Waals surface area contributed by atoms with Crippen LogP contribution in [0.2, 0.25) is 0 Å². The Morgan fingerprint density at radius 3 is 1.33 bits per heavy atom. The van der Waals surface area contributed by atoms with Crippen molar-refractivity contribution in [3.63, 3.8) is 0 Å². The third kappa shape index (κ3) is 14.1. The van der Waals surface area contributed by atoms with Crippen molar-refractivity contribution in [1.82, 2.24) is 0 Å². The van der Waals surface area contributed by atoms with Crippen molar-refractivity contribution in [3.05, 3.63) is 0 Å². The molecule has 0 aromatic heterocycles. The average molecular weight is 304 g/mol. The van der Waals surface area contributed by atoms with Gasteiger partial charge in [-0.15, -0.1) is 0 Å². The zero-order chi connectivity index (χ0) is 16.1. The lowest BCUT2D eigenvalue weighted by molar-refractivity contribution is -0.167. The summed E-state index contributed by atoms with van der Waals surface area (Å²) < 4.78 is 18.2. The molecule has 0 saturated heterocycles. The van der Waals surface area contributed by atoms with Crippen LogP contribution in [0.3, 0.4) is 0 Å². The van der Waals surface area contributed by atoms with Crippen molar-refractivity contribution in [2.45, 2.75) is 46.0 Å². The lowest BCUT2D eigenvalue weighted by atomic mass is 10.1. The molecule has 0 spiro atoms. The van der Waals surface area contributed by atoms with Crippen LogP contribution >= 0.6 is 0 Å². The minimum atomic E-state index is -0.518. The van der Waals surface area contributed by atoms with Gasteiger partial charge in [0.15, 0.2) is 0 Å². The quantitative estimate of drug-likeness (QED) is 0.335. The predicted molar refractivity (Wildman–Crippen MR) is 68.5 cm³/mol. The molecule has 0 aromatic carbocycles. The molecule has 0 aliphatic rings. The maximum Gasteiger partial charge on any atom is 0.308 e. The fraction of sp³-hybridized carbons (Fsp3) is 0.692. The van der Waals surface area contributed by atoms with Crippen LogP contribution in [0, 0.1) is 0 Å². The molecular weight excluding hydrogens is 284 g/mol. The summed E-state index contributed by atoms with van der Waals surface area (Å²) in [6.07, 6.45) is 2.12. The number of carbonyl (C=O) groups is 4. The van der Waals surface area contributed by atoms with Gasteiger partial charge in [-0.2, -0.15) is 0 Å². The molecule has 0 saturated carbocycles. The van der Waals surface area contributed by atoms with E-state index in [9.17, 15) is 19.2 Å². The minimum absolute atomic E-state index is 0.184. The molecule has 0 radical (unpaired) electrons. The first-order valence-electron chi connectivity index (χ1n) is 6.49. The molecule has 21 heavy (non-hydrogen) atoms. The first-order chi connectivity index (χ1) is 9.91. The molecule has 120 valence electrons. The number of hydrogen-bond donors (Lipinski definition) is 0. The Balaban J connectivity index is 3.42. The van der Waals surface area contributed by atoms with Crippen molar-refractivity contribution >= 4 is 23.9 Å². The van der Waals surface area contributed by atoms with E-state index in [0.29, 0.717) is 19.3 Å². The summed E-state index contributed by atoms with van der Waals surface area (Å²) in [5, 5.41) is 0. The summed E-state index contributed by atoms with van der Waals surface area (Å²) in [5.74, 6) is -1.97. The molecular formula is C13H20O8. The van der Waals surface area contributed by atoms with E-state index >= 15 is 0 Å². The number of unbranched alkanes of at least 4 members (excludes halogenated alkanes) is 2. The van der Waals surface area contributed by atoms with Crippen LogP contribution in [0.4, 0.5) is 0 Å². The fourth-order valence-corrected chi connectivity index (χ4v) is 1.22. The topological polar surface area (TPSA) is 105 Å². The Morgan fingerprint density at radius 1 is 0.619 bits per heavy atom. The zero-order valence-electron chi connectivity index (χ0n) is 12.2. The van der Waals surface area contributed by atoms with Crippen LogP contribution in [0.25, 0.3) is 0 Å². The van der Waals surface area contributed by atoms with Crippen molar-refractivity contribution in [2.24, 2.45) is 0 Å². The molecule has 0 bridgehead atoms. The molecule has 0 rings (SSSR count). The molecule has 0 N–H and O–H groups in total. The van der Waals surface area contributed by atoms with Crippen molar-refractivity contribution < 1.29 is 38.1 Å². The molecule has 8 heteroatoms. The van der Waals surface area contributed by atoms with Gasteiger partial charge in [0.1, 0.15) is 0 Å². The molecule has 0 unspecified atom stereocenters. The van der Waals surface area contributed by atoms with Crippen LogP contribution in [-0.4, -0.2) is 37.5 Å². The van der Waals surface area contributed by atoms with E-state index in [1.54, 1.807) is 0 Å². The minimum Gasteiger partial charge on any atom is -0.428 e. The number of rotatable bonds is 10. The van der Waals surface area contributed by atoms with Gasteiger partial charge in [-0.25, -0.2) is 0 Å². The van der Waals surface area contributed by atoms with Crippen LogP contribution in [0.1, 0.15) is 46.0 Å². The number of carbonyl (C=O) groups excluding carboxylic acids is 4. The van der Waals surface area contributed by atoms with Crippen LogP contribution < -0.4 is 0 Å². The second-order valence-corrected chi connectivity index (χ2v) is 4.10. The van der Waals surface area contributed by atoms with Crippen LogP contribution in [-0.2, 0) is 38.1 Å². The van der Waals surface area contributed by atoms with E-state index in [2.05, 4.69) is 18.9 Å². The van der Waals surface area contributed by atoms with Gasteiger partial charge in [-0.3, -0.25) is 19.2 Å². The highest BCUT2D eigenvalue weighted by Gasteiger charge is 2.06. The van der Waals surface area contributed by atoms with E-state index in [-0.39, 0.29) is 26.4 Å². The SMILES string of the molecule is CC(=O)OCOC(=O)CCCCCC(=O)OCOC(C)=O. The first-order valence-corrected chi connectivity index (χ1v) is 6.49. The molecule has 0 fully saturated rings. The summed E-state index contributed by atoms with van der Waals surface area (Å²) in [6.45, 7) is 1.68. The van der Waals surface area contributed by atoms with Gasteiger partial charge in [0.05, 0.1) is 0 Å². The second-order valence-electron chi connectivity index (χ2n) is 4.10. The highest BCUT2D eigenvalue weighted by atomic mass is 16.7. The molecule has 0 amide bonds. The molecule has 8 nitrogen and oxygen atoms in total. The first kappa shape index (κ1) is 18.9. The van der Waals surface area contributed by atoms with E-state index < -0.39 is 23.9 Å². The van der Waals surface area contributed by atoms with Gasteiger partial charge in [-0.05, 0) is 12.8 Å². The smallest absolute Gasteiger partial charge is 0.308 e. The number of esters is 4. The molecule has 0 heterocycles. The van der Waals surface area contributed by atoms with Gasteiger partial charge in [0.2, 0.25) is 13.6 Å². The molecule has 0 aliphatic carbocycles. The van der Waals surface area contributed by atoms with E-state index in [1.807, 2.05) is 0 Å². The van der Waals surface area contributed by atoms with Gasteiger partial charge in [0.25, 0.3) is 0 Å². The number of ether oxygens (including phenoxy) is 4. The third-order valence-corrected chi connectivity index (χ3v) is 2.23. The van der Waals surface area contributed by atoms with Crippen molar-refractivity contribution in [3.8, 4) is 0 Å². The number of hydrogen-bond acceptors (Lipinski definition) is 8. The van der Waals surface area contributed by atoms with Crippen LogP contribution in [0.5, 0.6) is 0 Å². The largest absolute Gasteiger partial charge is 0.428 e. The van der Waals surface area contributed by atoms with E-state index in [0.717, 1.165) is 0 Å². The van der Waals surface area contributed by atoms with Gasteiger partial charge >= 0.3 is 23.9 Å². The Bertz CT molecular complexity index is 329. The Morgan fingerprint density at radius 2 is 1.00 bits per heavy atom. The van der Waals surface area contributed by atoms with Crippen molar-refractivity contribution in [2.75, 3.05) is 13.6 Å². The lowest BCUT2D eigenvalue weighted by Crippen LogP contribution is -2.11. The normalized spacial score (nSPS) is 9.62. The molecule has 0 atom stereocenters. The molecule has 0 aliphatic heterocycles.